The lowest BCUT2D eigenvalue weighted by molar-refractivity contribution is -0.135. The molecule has 398 valence electrons. The van der Waals surface area contributed by atoms with Gasteiger partial charge in [-0.15, -0.1) is 0 Å². The van der Waals surface area contributed by atoms with Gasteiger partial charge in [-0.2, -0.15) is 0 Å². The van der Waals surface area contributed by atoms with Crippen LogP contribution in [0.2, 0.25) is 0 Å². The van der Waals surface area contributed by atoms with Crippen molar-refractivity contribution in [2.24, 2.45) is 5.73 Å². The quantitative estimate of drug-likeness (QED) is 0.0642. The number of aromatic nitrogens is 5. The molecular weight excluding hydrogens is 977 g/mol. The number of hydrogen-bond acceptors (Lipinski definition) is 7. The van der Waals surface area contributed by atoms with Crippen molar-refractivity contribution in [3.8, 4) is 0 Å². The van der Waals surface area contributed by atoms with Crippen LogP contribution in [-0.2, 0) is 74.0 Å². The maximum atomic E-state index is 13.0. The number of ether oxygens (including phenoxy) is 2. The van der Waals surface area contributed by atoms with Crippen LogP contribution < -0.4 is 5.73 Å². The first-order valence-electron chi connectivity index (χ1n) is 27.4. The maximum absolute atomic E-state index is 13.0. The number of ketones is 3. The van der Waals surface area contributed by atoms with Crippen molar-refractivity contribution < 1.29 is 33.4 Å². The number of amides is 1. The number of hydrogen-bond donors (Lipinski definition) is 3. The number of methoxy groups -OCH3 is 1. The van der Waals surface area contributed by atoms with Crippen LogP contribution in [0.4, 0.5) is 0 Å². The number of carbonyl (C=O) groups is 5. The van der Waals surface area contributed by atoms with E-state index >= 15 is 0 Å². The molecule has 0 atom stereocenters. The van der Waals surface area contributed by atoms with Gasteiger partial charge < -0.3 is 38.9 Å². The Kier molecular flexibility index (Phi) is 16.1. The third-order valence-corrected chi connectivity index (χ3v) is 15.1. The highest BCUT2D eigenvalue weighted by Gasteiger charge is 2.35. The number of aryl methyl sites for hydroxylation is 6. The van der Waals surface area contributed by atoms with Gasteiger partial charge in [-0.1, -0.05) is 105 Å². The molecule has 0 bridgehead atoms. The average molecular weight is 1040 g/mol. The predicted octanol–water partition coefficient (Wildman–Crippen LogP) is 12.1. The fraction of sp³-hybridized carbons (Fsp3) is 0.277. The lowest BCUT2D eigenvalue weighted by Crippen LogP contribution is -2.15. The molecular formula is C65H66N6O7. The summed E-state index contributed by atoms with van der Waals surface area (Å²) in [6.45, 7) is 9.04. The van der Waals surface area contributed by atoms with Crippen LogP contribution in [0, 0.1) is 0 Å². The first kappa shape index (κ1) is 52.9. The minimum absolute atomic E-state index is 0.0451. The van der Waals surface area contributed by atoms with Crippen molar-refractivity contribution in [3.63, 3.8) is 0 Å². The van der Waals surface area contributed by atoms with Crippen LogP contribution in [0.15, 0.2) is 140 Å². The van der Waals surface area contributed by atoms with Gasteiger partial charge in [-0.3, -0.25) is 19.2 Å². The number of esters is 1. The summed E-state index contributed by atoms with van der Waals surface area (Å²) < 4.78 is 16.1. The molecule has 0 saturated carbocycles. The van der Waals surface area contributed by atoms with Gasteiger partial charge in [0.05, 0.1) is 42.1 Å². The first-order valence-corrected chi connectivity index (χ1v) is 27.4. The summed E-state index contributed by atoms with van der Waals surface area (Å²) in [6.07, 6.45) is 19.3. The molecule has 1 amide bonds. The molecule has 1 saturated heterocycles. The van der Waals surface area contributed by atoms with Gasteiger partial charge >= 0.3 is 5.97 Å². The summed E-state index contributed by atoms with van der Waals surface area (Å²) in [4.78, 5) is 66.3. The van der Waals surface area contributed by atoms with E-state index in [2.05, 4.69) is 89.3 Å². The Hall–Kier alpha value is -8.55. The summed E-state index contributed by atoms with van der Waals surface area (Å²) in [6, 6.07) is 36.8. The van der Waals surface area contributed by atoms with Gasteiger partial charge in [-0.25, -0.2) is 4.79 Å². The van der Waals surface area contributed by atoms with E-state index in [1.807, 2.05) is 86.9 Å². The number of carbonyl (C=O) groups excluding carboxylic acids is 5. The van der Waals surface area contributed by atoms with Crippen molar-refractivity contribution in [2.45, 2.75) is 97.7 Å². The number of nitrogens with two attached hydrogens (primary N) is 1. The van der Waals surface area contributed by atoms with Gasteiger partial charge in [-0.05, 0) is 97.2 Å². The number of para-hydroxylation sites is 5. The number of fused-ring (bicyclic) bond motifs is 2. The van der Waals surface area contributed by atoms with Crippen molar-refractivity contribution in [1.29, 1.82) is 0 Å². The molecule has 5 aromatic carbocycles. The Morgan fingerprint density at radius 1 is 0.577 bits per heavy atom. The number of benzene rings is 5. The van der Waals surface area contributed by atoms with E-state index in [-0.39, 0.29) is 23.9 Å². The number of aromatic amines is 2. The van der Waals surface area contributed by atoms with E-state index in [0.29, 0.717) is 23.1 Å². The Bertz CT molecular complexity index is 3900. The van der Waals surface area contributed by atoms with Crippen LogP contribution in [0.5, 0.6) is 0 Å². The highest BCUT2D eigenvalue weighted by Crippen LogP contribution is 2.42. The lowest BCUT2D eigenvalue weighted by atomic mass is 9.94. The van der Waals surface area contributed by atoms with Gasteiger partial charge in [0.1, 0.15) is 0 Å². The molecule has 1 aliphatic carbocycles. The number of nitrogens with one attached hydrogen (secondary N) is 2. The summed E-state index contributed by atoms with van der Waals surface area (Å²) >= 11 is 0. The molecule has 10 aromatic rings. The molecule has 0 unspecified atom stereocenters. The molecule has 4 aliphatic heterocycles. The molecule has 9 heterocycles. The molecule has 0 radical (unpaired) electrons. The Morgan fingerprint density at radius 3 is 1.76 bits per heavy atom. The van der Waals surface area contributed by atoms with Crippen LogP contribution in [0.3, 0.4) is 0 Å². The minimum atomic E-state index is -0.807. The minimum Gasteiger partial charge on any atom is -0.463 e. The van der Waals surface area contributed by atoms with Crippen molar-refractivity contribution in [2.75, 3.05) is 20.3 Å². The van der Waals surface area contributed by atoms with Gasteiger partial charge in [0.2, 0.25) is 5.91 Å². The smallest absolute Gasteiger partial charge is 0.379 e. The molecule has 1 fully saturated rings. The number of H-pyrrole nitrogens is 2. The molecule has 5 aromatic heterocycles. The monoisotopic (exact) mass is 1040 g/mol. The molecule has 78 heavy (non-hydrogen) atoms. The normalized spacial score (nSPS) is 14.9. The molecule has 13 nitrogen and oxygen atoms in total. The number of primary amides is 1. The van der Waals surface area contributed by atoms with E-state index in [9.17, 15) is 24.0 Å². The molecule has 13 heteroatoms. The van der Waals surface area contributed by atoms with Crippen molar-refractivity contribution in [1.82, 2.24) is 23.7 Å². The standard InChI is InChI=1S/C24H18N2O2.C14H13NO3.C11H11N.C10H10N2O.C4H8O.C2H6/c27-20-11-21(28)23(22(20)17-12-25-19-9-2-1-7-15(17)19)18-13-26-10-4-6-14-5-3-8-16(18)24(14)26;1-18-14(17)13(16)11-8-15-7-3-5-9-4-2-6-10(11)12(9)15;1-3-9-5-2-7-12-8-6-10(4-1)11(9)12;11-10(13)5-7-6-12-9-4-2-1-3-8(7)9;1-2-4-5-3-1;1-2/h1-3,5,7-9,12-13,25H,4,6,10-11H2;2,4,6,8H,3,5,7H2,1H3;1,3-4,6,8H,2,5,7H2;1-4,6,12H,5H2,(H2,11,13);1-4H2;1-2H3. The average Bonchev–Trinajstić information content (AvgIpc) is 4.49. The lowest BCUT2D eigenvalue weighted by Gasteiger charge is -2.14. The second-order valence-corrected chi connectivity index (χ2v) is 19.9. The zero-order chi connectivity index (χ0) is 54.3. The van der Waals surface area contributed by atoms with E-state index in [0.717, 1.165) is 107 Å². The zero-order valence-corrected chi connectivity index (χ0v) is 44.7. The van der Waals surface area contributed by atoms with Gasteiger partial charge in [0.25, 0.3) is 5.78 Å². The molecule has 0 spiro atoms. The second kappa shape index (κ2) is 23.8. The van der Waals surface area contributed by atoms with E-state index in [1.54, 1.807) is 6.20 Å². The third-order valence-electron chi connectivity index (χ3n) is 15.1. The maximum Gasteiger partial charge on any atom is 0.379 e. The van der Waals surface area contributed by atoms with Crippen LogP contribution >= 0.6 is 0 Å². The first-order chi connectivity index (χ1) is 38.2. The highest BCUT2D eigenvalue weighted by molar-refractivity contribution is 6.52. The Morgan fingerprint density at radius 2 is 1.12 bits per heavy atom. The number of allylic oxidation sites excluding steroid dienone is 2. The van der Waals surface area contributed by atoms with E-state index in [1.165, 1.54) is 72.4 Å². The Balaban J connectivity index is 0.000000119. The fourth-order valence-electron chi connectivity index (χ4n) is 11.7. The van der Waals surface area contributed by atoms with Crippen molar-refractivity contribution in [3.05, 3.63) is 179 Å². The van der Waals surface area contributed by atoms with Crippen LogP contribution in [-0.4, -0.2) is 73.2 Å². The van der Waals surface area contributed by atoms with Crippen LogP contribution in [0.1, 0.15) is 96.1 Å². The highest BCUT2D eigenvalue weighted by atomic mass is 16.5. The summed E-state index contributed by atoms with van der Waals surface area (Å²) in [5.74, 6) is -1.84. The number of nitrogens with zero attached hydrogens (tertiary/aromatic N) is 3. The molecule has 15 rings (SSSR count). The summed E-state index contributed by atoms with van der Waals surface area (Å²) in [7, 11) is 1.23. The Labute approximate surface area is 453 Å². The van der Waals surface area contributed by atoms with Crippen molar-refractivity contribution >= 4 is 94.9 Å². The fourth-order valence-corrected chi connectivity index (χ4v) is 11.7. The second-order valence-electron chi connectivity index (χ2n) is 19.9. The molecule has 5 aliphatic rings. The largest absolute Gasteiger partial charge is 0.463 e. The van der Waals surface area contributed by atoms with Gasteiger partial charge in [0, 0.05) is 119 Å². The predicted molar refractivity (Wildman–Crippen MR) is 309 cm³/mol. The van der Waals surface area contributed by atoms with E-state index in [4.69, 9.17) is 10.5 Å². The summed E-state index contributed by atoms with van der Waals surface area (Å²) in [5.41, 5.74) is 19.2. The molecule has 4 N–H and O–H groups in total. The van der Waals surface area contributed by atoms with Gasteiger partial charge in [0.15, 0.2) is 11.6 Å². The van der Waals surface area contributed by atoms with Crippen LogP contribution in [0.25, 0.3) is 65.7 Å². The number of rotatable bonds is 6. The van der Waals surface area contributed by atoms with E-state index < -0.39 is 11.8 Å². The SMILES string of the molecule is C1CCOC1.CC.COC(=O)C(=O)c1cn2c3c(cccc13)CCC2.NC(=O)Cc1c[nH]c2ccccc12.O=C1CC(=O)C(c2cn3c4c(cccc24)CCC3)=C1c1c[nH]c2ccccc12.c1cc2c3c(c1)ccn3CCC2. The number of Topliss-reactive ketones (excluding diaryl/α,β-unsaturated/α-hetero) is 3. The third kappa shape index (κ3) is 10.6. The topological polar surface area (TPSA) is 176 Å². The zero-order valence-electron chi connectivity index (χ0n) is 44.7. The summed E-state index contributed by atoms with van der Waals surface area (Å²) in [5, 5.41) is 5.37.